The van der Waals surface area contributed by atoms with Crippen molar-refractivity contribution >= 4 is 0 Å². The molecule has 1 aliphatic heterocycles. The molecule has 0 aromatic heterocycles. The average Bonchev–Trinajstić information content (AvgIpc) is 1.96. The van der Waals surface area contributed by atoms with Crippen LogP contribution in [0.2, 0.25) is 0 Å². The summed E-state index contributed by atoms with van der Waals surface area (Å²) in [6, 6.07) is 0.714. The van der Waals surface area contributed by atoms with Gasteiger partial charge in [-0.15, -0.1) is 0 Å². The van der Waals surface area contributed by atoms with Crippen molar-refractivity contribution in [3.63, 3.8) is 0 Å². The van der Waals surface area contributed by atoms with Gasteiger partial charge in [0, 0.05) is 12.6 Å². The quantitative estimate of drug-likeness (QED) is 0.669. The maximum absolute atomic E-state index is 3.52. The highest BCUT2D eigenvalue weighted by Crippen LogP contribution is 2.22. The number of rotatable bonds is 2. The predicted molar refractivity (Wildman–Crippen MR) is 53.3 cm³/mol. The zero-order valence-corrected chi connectivity index (χ0v) is 8.80. The predicted octanol–water partition coefficient (Wildman–Crippen LogP) is 1.18. The molecule has 0 bridgehead atoms. The average molecular weight is 170 g/mol. The molecule has 1 N–H and O–H groups in total. The third-order valence-electron chi connectivity index (χ3n) is 2.85. The molecule has 3 atom stereocenters. The van der Waals surface area contributed by atoms with Crippen molar-refractivity contribution in [1.29, 1.82) is 0 Å². The van der Waals surface area contributed by atoms with Gasteiger partial charge in [-0.1, -0.05) is 6.92 Å². The van der Waals surface area contributed by atoms with Crippen LogP contribution in [0.4, 0.5) is 0 Å². The van der Waals surface area contributed by atoms with Crippen LogP contribution in [0.15, 0.2) is 0 Å². The molecule has 0 amide bonds. The van der Waals surface area contributed by atoms with E-state index in [0.717, 1.165) is 11.8 Å². The second kappa shape index (κ2) is 4.24. The summed E-state index contributed by atoms with van der Waals surface area (Å²) < 4.78 is 0. The molecule has 2 heteroatoms. The number of hydrogen-bond donors (Lipinski definition) is 1. The normalized spacial score (nSPS) is 37.2. The van der Waals surface area contributed by atoms with Gasteiger partial charge in [0.25, 0.3) is 0 Å². The third kappa shape index (κ3) is 2.76. The number of nitrogens with one attached hydrogen (secondary N) is 1. The lowest BCUT2D eigenvalue weighted by Crippen LogP contribution is -2.44. The largest absolute Gasteiger partial charge is 0.314 e. The summed E-state index contributed by atoms with van der Waals surface area (Å²) in [6.07, 6.45) is 1.33. The topological polar surface area (TPSA) is 15.3 Å². The highest BCUT2D eigenvalue weighted by Gasteiger charge is 2.24. The van der Waals surface area contributed by atoms with Crippen LogP contribution in [-0.4, -0.2) is 38.1 Å². The second-order valence-electron chi connectivity index (χ2n) is 4.54. The van der Waals surface area contributed by atoms with E-state index in [4.69, 9.17) is 0 Å². The molecule has 0 spiro atoms. The Bertz CT molecular complexity index is 132. The maximum atomic E-state index is 3.52. The Morgan fingerprint density at radius 3 is 2.58 bits per heavy atom. The van der Waals surface area contributed by atoms with Gasteiger partial charge in [-0.2, -0.15) is 0 Å². The number of hydrogen-bond acceptors (Lipinski definition) is 2. The van der Waals surface area contributed by atoms with Crippen molar-refractivity contribution < 1.29 is 0 Å². The van der Waals surface area contributed by atoms with Gasteiger partial charge < -0.3 is 10.2 Å². The van der Waals surface area contributed by atoms with Crippen LogP contribution in [0, 0.1) is 11.8 Å². The van der Waals surface area contributed by atoms with E-state index in [0.29, 0.717) is 6.04 Å². The van der Waals surface area contributed by atoms with E-state index in [-0.39, 0.29) is 0 Å². The minimum Gasteiger partial charge on any atom is -0.314 e. The lowest BCUT2D eigenvalue weighted by molar-refractivity contribution is 0.185. The lowest BCUT2D eigenvalue weighted by atomic mass is 9.84. The summed E-state index contributed by atoms with van der Waals surface area (Å²) in [6.45, 7) is 7.08. The molecule has 2 nitrogen and oxygen atoms in total. The molecule has 1 aliphatic rings. The van der Waals surface area contributed by atoms with E-state index >= 15 is 0 Å². The highest BCUT2D eigenvalue weighted by molar-refractivity contribution is 4.81. The van der Waals surface area contributed by atoms with Gasteiger partial charge in [0.15, 0.2) is 0 Å². The van der Waals surface area contributed by atoms with E-state index in [1.807, 2.05) is 0 Å². The second-order valence-corrected chi connectivity index (χ2v) is 4.54. The molecule has 0 aromatic rings. The van der Waals surface area contributed by atoms with Gasteiger partial charge >= 0.3 is 0 Å². The van der Waals surface area contributed by atoms with Gasteiger partial charge in [0.05, 0.1) is 0 Å². The van der Waals surface area contributed by atoms with Crippen molar-refractivity contribution in [2.75, 3.05) is 27.2 Å². The molecule has 1 fully saturated rings. The van der Waals surface area contributed by atoms with Gasteiger partial charge in [0.1, 0.15) is 0 Å². The summed E-state index contributed by atoms with van der Waals surface area (Å²) in [7, 11) is 4.33. The summed E-state index contributed by atoms with van der Waals surface area (Å²) in [5, 5.41) is 3.52. The minimum atomic E-state index is 0.714. The molecule has 1 rings (SSSR count). The molecular formula is C10H22N2. The Morgan fingerprint density at radius 2 is 2.00 bits per heavy atom. The molecule has 12 heavy (non-hydrogen) atoms. The van der Waals surface area contributed by atoms with E-state index in [1.165, 1.54) is 19.5 Å². The van der Waals surface area contributed by atoms with E-state index in [1.54, 1.807) is 0 Å². The molecule has 0 aromatic carbocycles. The maximum Gasteiger partial charge on any atom is 0.00420 e. The number of piperidine rings is 1. The van der Waals surface area contributed by atoms with Crippen LogP contribution in [0.5, 0.6) is 0 Å². The molecule has 0 radical (unpaired) electrons. The van der Waals surface area contributed by atoms with E-state index in [9.17, 15) is 0 Å². The zero-order chi connectivity index (χ0) is 9.14. The van der Waals surface area contributed by atoms with Crippen molar-refractivity contribution in [3.8, 4) is 0 Å². The Balaban J connectivity index is 2.38. The molecule has 3 unspecified atom stereocenters. The Hall–Kier alpha value is -0.0800. The number of nitrogens with zero attached hydrogens (tertiary/aromatic N) is 1. The van der Waals surface area contributed by atoms with Crippen molar-refractivity contribution in [2.24, 2.45) is 11.8 Å². The van der Waals surface area contributed by atoms with Crippen LogP contribution in [-0.2, 0) is 0 Å². The Morgan fingerprint density at radius 1 is 1.33 bits per heavy atom. The molecule has 0 saturated carbocycles. The molecule has 0 aliphatic carbocycles. The monoisotopic (exact) mass is 170 g/mol. The summed E-state index contributed by atoms with van der Waals surface area (Å²) in [5.41, 5.74) is 0. The first-order chi connectivity index (χ1) is 5.59. The molecule has 1 heterocycles. The summed E-state index contributed by atoms with van der Waals surface area (Å²) >= 11 is 0. The summed E-state index contributed by atoms with van der Waals surface area (Å²) in [4.78, 5) is 2.30. The lowest BCUT2D eigenvalue weighted by Gasteiger charge is -2.35. The van der Waals surface area contributed by atoms with Gasteiger partial charge in [-0.05, 0) is 45.8 Å². The van der Waals surface area contributed by atoms with Crippen LogP contribution in [0.1, 0.15) is 20.3 Å². The van der Waals surface area contributed by atoms with E-state index in [2.05, 4.69) is 38.2 Å². The minimum absolute atomic E-state index is 0.714. The first kappa shape index (κ1) is 10.0. The SMILES string of the molecule is CC1CC(CN(C)C)C(C)CN1. The van der Waals surface area contributed by atoms with Crippen LogP contribution in [0.25, 0.3) is 0 Å². The summed E-state index contributed by atoms with van der Waals surface area (Å²) in [5.74, 6) is 1.72. The van der Waals surface area contributed by atoms with Crippen molar-refractivity contribution in [2.45, 2.75) is 26.3 Å². The smallest absolute Gasteiger partial charge is 0.00420 e. The molecule has 72 valence electrons. The van der Waals surface area contributed by atoms with Crippen molar-refractivity contribution in [1.82, 2.24) is 10.2 Å². The Labute approximate surface area is 76.3 Å². The molecule has 1 saturated heterocycles. The molecular weight excluding hydrogens is 148 g/mol. The fourth-order valence-electron chi connectivity index (χ4n) is 2.05. The first-order valence-electron chi connectivity index (χ1n) is 4.97. The first-order valence-corrected chi connectivity index (χ1v) is 4.97. The fourth-order valence-corrected chi connectivity index (χ4v) is 2.05. The van der Waals surface area contributed by atoms with Crippen LogP contribution in [0.3, 0.4) is 0 Å². The zero-order valence-electron chi connectivity index (χ0n) is 8.80. The van der Waals surface area contributed by atoms with Gasteiger partial charge in [0.2, 0.25) is 0 Å². The standard InChI is InChI=1S/C10H22N2/c1-8-6-11-9(2)5-10(8)7-12(3)4/h8-11H,5-7H2,1-4H3. The van der Waals surface area contributed by atoms with Crippen LogP contribution >= 0.6 is 0 Å². The highest BCUT2D eigenvalue weighted by atomic mass is 15.1. The van der Waals surface area contributed by atoms with E-state index < -0.39 is 0 Å². The fraction of sp³-hybridized carbons (Fsp3) is 1.00. The third-order valence-corrected chi connectivity index (χ3v) is 2.85. The van der Waals surface area contributed by atoms with Crippen LogP contribution < -0.4 is 5.32 Å². The Kier molecular flexibility index (Phi) is 3.53. The van der Waals surface area contributed by atoms with Gasteiger partial charge in [-0.25, -0.2) is 0 Å². The van der Waals surface area contributed by atoms with Gasteiger partial charge in [-0.3, -0.25) is 0 Å². The van der Waals surface area contributed by atoms with Crippen molar-refractivity contribution in [3.05, 3.63) is 0 Å².